The summed E-state index contributed by atoms with van der Waals surface area (Å²) in [6.45, 7) is 6.93. The second kappa shape index (κ2) is 4.52. The predicted molar refractivity (Wildman–Crippen MR) is 67.0 cm³/mol. The summed E-state index contributed by atoms with van der Waals surface area (Å²) in [5, 5.41) is 1.21. The fraction of sp³-hybridized carbons (Fsp3) is 0.357. The van der Waals surface area contributed by atoms with Crippen molar-refractivity contribution in [3.8, 4) is 5.75 Å². The quantitative estimate of drug-likeness (QED) is 0.781. The molecule has 16 heavy (non-hydrogen) atoms. The van der Waals surface area contributed by atoms with Gasteiger partial charge in [0.15, 0.2) is 0 Å². The van der Waals surface area contributed by atoms with Crippen molar-refractivity contribution in [2.75, 3.05) is 6.61 Å². The molecule has 0 aliphatic rings. The summed E-state index contributed by atoms with van der Waals surface area (Å²) in [4.78, 5) is 4.44. The Morgan fingerprint density at radius 1 is 1.31 bits per heavy atom. The highest BCUT2D eigenvalue weighted by Gasteiger charge is 2.10. The molecule has 0 spiro atoms. The zero-order valence-corrected chi connectivity index (χ0v) is 10.1. The first-order valence-electron chi connectivity index (χ1n) is 5.78. The average molecular weight is 215 g/mol. The minimum absolute atomic E-state index is 0.679. The minimum atomic E-state index is 0.679. The van der Waals surface area contributed by atoms with E-state index in [1.165, 1.54) is 16.5 Å². The Morgan fingerprint density at radius 2 is 2.12 bits per heavy atom. The molecule has 0 aliphatic heterocycles. The van der Waals surface area contributed by atoms with E-state index in [0.717, 1.165) is 17.7 Å². The molecule has 2 heteroatoms. The van der Waals surface area contributed by atoms with Crippen LogP contribution in [0.5, 0.6) is 5.75 Å². The van der Waals surface area contributed by atoms with E-state index < -0.39 is 0 Å². The molecule has 0 amide bonds. The molecule has 0 N–H and O–H groups in total. The number of hydrogen-bond donors (Lipinski definition) is 0. The number of aryl methyl sites for hydroxylation is 2. The van der Waals surface area contributed by atoms with Crippen LogP contribution in [0.15, 0.2) is 24.4 Å². The fourth-order valence-corrected chi connectivity index (χ4v) is 2.06. The second-order valence-corrected chi connectivity index (χ2v) is 3.87. The van der Waals surface area contributed by atoms with Gasteiger partial charge in [-0.05, 0) is 37.5 Å². The van der Waals surface area contributed by atoms with Gasteiger partial charge in [-0.2, -0.15) is 0 Å². The van der Waals surface area contributed by atoms with Gasteiger partial charge in [0, 0.05) is 11.6 Å². The molecule has 84 valence electrons. The summed E-state index contributed by atoms with van der Waals surface area (Å²) in [5.74, 6) is 0.926. The summed E-state index contributed by atoms with van der Waals surface area (Å²) in [7, 11) is 0. The number of fused-ring (bicyclic) bond motifs is 1. The second-order valence-electron chi connectivity index (χ2n) is 3.87. The average Bonchev–Trinajstić information content (AvgIpc) is 2.32. The van der Waals surface area contributed by atoms with E-state index in [1.807, 2.05) is 19.2 Å². The van der Waals surface area contributed by atoms with E-state index in [-0.39, 0.29) is 0 Å². The summed E-state index contributed by atoms with van der Waals surface area (Å²) in [6, 6.07) is 6.30. The van der Waals surface area contributed by atoms with Crippen LogP contribution >= 0.6 is 0 Å². The van der Waals surface area contributed by atoms with Crippen molar-refractivity contribution in [1.29, 1.82) is 0 Å². The van der Waals surface area contributed by atoms with Gasteiger partial charge in [0.25, 0.3) is 0 Å². The molecule has 2 rings (SSSR count). The number of rotatable bonds is 3. The largest absolute Gasteiger partial charge is 0.491 e. The van der Waals surface area contributed by atoms with Crippen LogP contribution < -0.4 is 4.74 Å². The molecule has 0 fully saturated rings. The van der Waals surface area contributed by atoms with Gasteiger partial charge >= 0.3 is 0 Å². The van der Waals surface area contributed by atoms with Gasteiger partial charge in [0.2, 0.25) is 0 Å². The highest BCUT2D eigenvalue weighted by atomic mass is 16.5. The SMILES string of the molecule is CCOc1c(C)cc(CC)c2cccnc12. The lowest BCUT2D eigenvalue weighted by Gasteiger charge is -2.12. The van der Waals surface area contributed by atoms with Crippen LogP contribution in [0, 0.1) is 6.92 Å². The van der Waals surface area contributed by atoms with Gasteiger partial charge in [0.1, 0.15) is 11.3 Å². The molecule has 2 aromatic rings. The van der Waals surface area contributed by atoms with Crippen LogP contribution in [0.3, 0.4) is 0 Å². The van der Waals surface area contributed by atoms with Crippen LogP contribution in [-0.4, -0.2) is 11.6 Å². The smallest absolute Gasteiger partial charge is 0.148 e. The van der Waals surface area contributed by atoms with E-state index in [1.54, 1.807) is 0 Å². The molecule has 2 nitrogen and oxygen atoms in total. The lowest BCUT2D eigenvalue weighted by Crippen LogP contribution is -1.98. The number of ether oxygens (including phenoxy) is 1. The zero-order chi connectivity index (χ0) is 11.5. The van der Waals surface area contributed by atoms with Crippen LogP contribution in [-0.2, 0) is 6.42 Å². The zero-order valence-electron chi connectivity index (χ0n) is 10.1. The molecule has 1 aromatic heterocycles. The van der Waals surface area contributed by atoms with Gasteiger partial charge in [-0.3, -0.25) is 4.98 Å². The number of aromatic nitrogens is 1. The van der Waals surface area contributed by atoms with Gasteiger partial charge < -0.3 is 4.74 Å². The molecule has 1 aromatic carbocycles. The first kappa shape index (κ1) is 10.9. The molecule has 1 heterocycles. The maximum atomic E-state index is 5.69. The Kier molecular flexibility index (Phi) is 3.09. The molecule has 0 atom stereocenters. The Hall–Kier alpha value is -1.57. The Labute approximate surface area is 96.3 Å². The van der Waals surface area contributed by atoms with Gasteiger partial charge in [-0.15, -0.1) is 0 Å². The molecule has 0 saturated heterocycles. The summed E-state index contributed by atoms with van der Waals surface area (Å²) in [5.41, 5.74) is 3.50. The molecule has 0 unspecified atom stereocenters. The number of nitrogens with zero attached hydrogens (tertiary/aromatic N) is 1. The topological polar surface area (TPSA) is 22.1 Å². The molecule has 0 saturated carbocycles. The van der Waals surface area contributed by atoms with Crippen molar-refractivity contribution in [3.63, 3.8) is 0 Å². The Balaban J connectivity index is 2.75. The van der Waals surface area contributed by atoms with Gasteiger partial charge in [0.05, 0.1) is 6.61 Å². The summed E-state index contributed by atoms with van der Waals surface area (Å²) in [6.07, 6.45) is 2.85. The Bertz CT molecular complexity index is 505. The third-order valence-corrected chi connectivity index (χ3v) is 2.79. The first-order valence-corrected chi connectivity index (χ1v) is 5.78. The van der Waals surface area contributed by atoms with E-state index in [9.17, 15) is 0 Å². The highest BCUT2D eigenvalue weighted by Crippen LogP contribution is 2.30. The third-order valence-electron chi connectivity index (χ3n) is 2.79. The normalized spacial score (nSPS) is 10.7. The number of benzene rings is 1. The van der Waals surface area contributed by atoms with Crippen LogP contribution in [0.25, 0.3) is 10.9 Å². The maximum absolute atomic E-state index is 5.69. The van der Waals surface area contributed by atoms with Gasteiger partial charge in [-0.1, -0.05) is 19.1 Å². The first-order chi connectivity index (χ1) is 7.77. The van der Waals surface area contributed by atoms with Crippen molar-refractivity contribution < 1.29 is 4.74 Å². The Morgan fingerprint density at radius 3 is 2.81 bits per heavy atom. The van der Waals surface area contributed by atoms with Crippen molar-refractivity contribution in [2.24, 2.45) is 0 Å². The highest BCUT2D eigenvalue weighted by molar-refractivity contribution is 5.88. The van der Waals surface area contributed by atoms with Crippen LogP contribution in [0.2, 0.25) is 0 Å². The predicted octanol–water partition coefficient (Wildman–Crippen LogP) is 3.50. The van der Waals surface area contributed by atoms with Crippen molar-refractivity contribution in [1.82, 2.24) is 4.98 Å². The van der Waals surface area contributed by atoms with E-state index >= 15 is 0 Å². The van der Waals surface area contributed by atoms with Crippen molar-refractivity contribution in [2.45, 2.75) is 27.2 Å². The molecular weight excluding hydrogens is 198 g/mol. The van der Waals surface area contributed by atoms with Crippen LogP contribution in [0.1, 0.15) is 25.0 Å². The molecule has 0 aliphatic carbocycles. The lowest BCUT2D eigenvalue weighted by molar-refractivity contribution is 0.341. The van der Waals surface area contributed by atoms with Crippen molar-refractivity contribution in [3.05, 3.63) is 35.5 Å². The number of pyridine rings is 1. The molecular formula is C14H17NO. The lowest BCUT2D eigenvalue weighted by atomic mass is 10.0. The summed E-state index contributed by atoms with van der Waals surface area (Å²) < 4.78 is 5.69. The molecule has 0 radical (unpaired) electrons. The van der Waals surface area contributed by atoms with Crippen molar-refractivity contribution >= 4 is 10.9 Å². The number of hydrogen-bond acceptors (Lipinski definition) is 2. The maximum Gasteiger partial charge on any atom is 0.148 e. The third kappa shape index (κ3) is 1.75. The van der Waals surface area contributed by atoms with E-state index in [2.05, 4.69) is 31.0 Å². The van der Waals surface area contributed by atoms with Gasteiger partial charge in [-0.25, -0.2) is 0 Å². The fourth-order valence-electron chi connectivity index (χ4n) is 2.06. The standard InChI is InChI=1S/C14H17NO/c1-4-11-9-10(3)14(16-5-2)13-12(11)7-6-8-15-13/h6-9H,4-5H2,1-3H3. The monoisotopic (exact) mass is 215 g/mol. The van der Waals surface area contributed by atoms with E-state index in [4.69, 9.17) is 4.74 Å². The molecule has 0 bridgehead atoms. The van der Waals surface area contributed by atoms with E-state index in [0.29, 0.717) is 6.61 Å². The minimum Gasteiger partial charge on any atom is -0.491 e. The summed E-state index contributed by atoms with van der Waals surface area (Å²) >= 11 is 0. The van der Waals surface area contributed by atoms with Crippen LogP contribution in [0.4, 0.5) is 0 Å².